The van der Waals surface area contributed by atoms with E-state index in [1.807, 2.05) is 0 Å². The van der Waals surface area contributed by atoms with Crippen molar-refractivity contribution in [3.05, 3.63) is 30.1 Å². The van der Waals surface area contributed by atoms with Crippen LogP contribution in [0.4, 0.5) is 4.39 Å². The quantitative estimate of drug-likeness (QED) is 0.783. The van der Waals surface area contributed by atoms with Gasteiger partial charge < -0.3 is 23.8 Å². The molecule has 0 unspecified atom stereocenters. The number of hydrogen-bond acceptors (Lipinski definition) is 5. The molecular weight excluding hydrogens is 305 g/mol. The summed E-state index contributed by atoms with van der Waals surface area (Å²) >= 11 is 0. The first-order chi connectivity index (χ1) is 11.1. The molecule has 0 aliphatic carbocycles. The molecule has 7 heteroatoms. The Bertz CT molecular complexity index is 527. The van der Waals surface area contributed by atoms with E-state index in [2.05, 4.69) is 0 Å². The van der Waals surface area contributed by atoms with Crippen molar-refractivity contribution in [2.24, 2.45) is 0 Å². The van der Waals surface area contributed by atoms with Crippen LogP contribution in [0.5, 0.6) is 5.75 Å². The lowest BCUT2D eigenvalue weighted by atomic mass is 10.0. The number of rotatable bonds is 6. The number of halogens is 1. The first kappa shape index (κ1) is 17.7. The molecular formula is C16H22FNO5. The summed E-state index contributed by atoms with van der Waals surface area (Å²) in [4.78, 5) is 13.8. The molecule has 0 saturated carbocycles. The Labute approximate surface area is 135 Å². The van der Waals surface area contributed by atoms with Gasteiger partial charge in [-0.3, -0.25) is 4.79 Å². The number of amides is 1. The number of methoxy groups -OCH3 is 2. The third kappa shape index (κ3) is 4.19. The maximum Gasteiger partial charge on any atom is 0.260 e. The highest BCUT2D eigenvalue weighted by atomic mass is 19.1. The van der Waals surface area contributed by atoms with Crippen molar-refractivity contribution in [3.63, 3.8) is 0 Å². The number of ether oxygens (including phenoxy) is 4. The topological polar surface area (TPSA) is 57.2 Å². The van der Waals surface area contributed by atoms with Gasteiger partial charge in [-0.1, -0.05) is 12.1 Å². The van der Waals surface area contributed by atoms with Crippen LogP contribution in [0.15, 0.2) is 24.3 Å². The summed E-state index contributed by atoms with van der Waals surface area (Å²) in [5.41, 5.74) is 0. The first-order valence-electron chi connectivity index (χ1n) is 7.34. The first-order valence-corrected chi connectivity index (χ1v) is 7.34. The van der Waals surface area contributed by atoms with Gasteiger partial charge in [-0.05, 0) is 12.1 Å². The Balaban J connectivity index is 1.97. The lowest BCUT2D eigenvalue weighted by Gasteiger charge is -2.40. The van der Waals surface area contributed by atoms with E-state index in [-0.39, 0.29) is 36.5 Å². The summed E-state index contributed by atoms with van der Waals surface area (Å²) in [6, 6.07) is 5.67. The molecule has 0 radical (unpaired) electrons. The van der Waals surface area contributed by atoms with Gasteiger partial charge >= 0.3 is 0 Å². The molecule has 1 aliphatic rings. The predicted molar refractivity (Wildman–Crippen MR) is 80.9 cm³/mol. The van der Waals surface area contributed by atoms with E-state index in [0.29, 0.717) is 13.2 Å². The van der Waals surface area contributed by atoms with Gasteiger partial charge in [-0.25, -0.2) is 4.39 Å². The molecule has 1 aliphatic heterocycles. The van der Waals surface area contributed by atoms with E-state index >= 15 is 0 Å². The van der Waals surface area contributed by atoms with Crippen LogP contribution in [0.1, 0.15) is 0 Å². The van der Waals surface area contributed by atoms with Crippen molar-refractivity contribution < 1.29 is 28.1 Å². The van der Waals surface area contributed by atoms with Crippen LogP contribution >= 0.6 is 0 Å². The maximum absolute atomic E-state index is 13.5. The van der Waals surface area contributed by atoms with E-state index in [1.165, 1.54) is 17.0 Å². The second-order valence-corrected chi connectivity index (χ2v) is 5.30. The van der Waals surface area contributed by atoms with Crippen LogP contribution in [-0.4, -0.2) is 70.1 Å². The molecule has 0 spiro atoms. The Kier molecular flexibility index (Phi) is 6.32. The zero-order chi connectivity index (χ0) is 16.8. The SMILES string of the molecule is CO[C@H]1[C@H](N(C)C(=O)COc2ccccc2F)COC[C@H]1OC. The number of nitrogens with zero attached hydrogens (tertiary/aromatic N) is 1. The standard InChI is InChI=1S/C16H22FNO5/c1-18(12-8-22-9-14(20-2)16(12)21-3)15(19)10-23-13-7-5-4-6-11(13)17/h4-7,12,14,16H,8-10H2,1-3H3/t12-,14-,16+/m1/s1. The van der Waals surface area contributed by atoms with Crippen molar-refractivity contribution in [3.8, 4) is 5.75 Å². The van der Waals surface area contributed by atoms with Crippen molar-refractivity contribution in [1.29, 1.82) is 0 Å². The van der Waals surface area contributed by atoms with Crippen molar-refractivity contribution >= 4 is 5.91 Å². The fourth-order valence-electron chi connectivity index (χ4n) is 2.57. The van der Waals surface area contributed by atoms with Crippen molar-refractivity contribution in [2.75, 3.05) is 41.1 Å². The Morgan fingerprint density at radius 3 is 2.70 bits per heavy atom. The lowest BCUT2D eigenvalue weighted by Crippen LogP contribution is -2.58. The summed E-state index contributed by atoms with van der Waals surface area (Å²) < 4.78 is 35.0. The van der Waals surface area contributed by atoms with Gasteiger partial charge in [0.05, 0.1) is 19.3 Å². The fourth-order valence-corrected chi connectivity index (χ4v) is 2.57. The molecule has 0 bridgehead atoms. The van der Waals surface area contributed by atoms with Gasteiger partial charge in [0.15, 0.2) is 18.2 Å². The lowest BCUT2D eigenvalue weighted by molar-refractivity contribution is -0.165. The highest BCUT2D eigenvalue weighted by Crippen LogP contribution is 2.20. The zero-order valence-corrected chi connectivity index (χ0v) is 13.5. The minimum atomic E-state index is -0.502. The van der Waals surface area contributed by atoms with Gasteiger partial charge in [0, 0.05) is 21.3 Å². The van der Waals surface area contributed by atoms with Gasteiger partial charge in [-0.2, -0.15) is 0 Å². The highest BCUT2D eigenvalue weighted by molar-refractivity contribution is 5.78. The average molecular weight is 327 g/mol. The molecule has 1 saturated heterocycles. The number of carbonyl (C=O) groups is 1. The van der Waals surface area contributed by atoms with E-state index in [9.17, 15) is 9.18 Å². The Hall–Kier alpha value is -1.70. The molecule has 2 rings (SSSR count). The van der Waals surface area contributed by atoms with Crippen molar-refractivity contribution in [2.45, 2.75) is 18.2 Å². The van der Waals surface area contributed by atoms with E-state index < -0.39 is 5.82 Å². The molecule has 1 amide bonds. The van der Waals surface area contributed by atoms with Crippen LogP contribution in [-0.2, 0) is 19.0 Å². The molecule has 3 atom stereocenters. The molecule has 23 heavy (non-hydrogen) atoms. The summed E-state index contributed by atoms with van der Waals surface area (Å²) in [5, 5.41) is 0. The molecule has 0 aromatic heterocycles. The van der Waals surface area contributed by atoms with Crippen molar-refractivity contribution in [1.82, 2.24) is 4.90 Å². The van der Waals surface area contributed by atoms with Gasteiger partial charge in [0.2, 0.25) is 0 Å². The second kappa shape index (κ2) is 8.24. The van der Waals surface area contributed by atoms with Crippen LogP contribution in [0.25, 0.3) is 0 Å². The number of hydrogen-bond donors (Lipinski definition) is 0. The van der Waals surface area contributed by atoms with Crippen LogP contribution in [0.3, 0.4) is 0 Å². The van der Waals surface area contributed by atoms with Crippen LogP contribution < -0.4 is 4.74 Å². The van der Waals surface area contributed by atoms with E-state index in [1.54, 1.807) is 33.4 Å². The molecule has 1 aromatic rings. The highest BCUT2D eigenvalue weighted by Gasteiger charge is 2.38. The smallest absolute Gasteiger partial charge is 0.260 e. The number of benzene rings is 1. The minimum absolute atomic E-state index is 0.0483. The normalized spacial score (nSPS) is 24.3. The number of carbonyl (C=O) groups excluding carboxylic acids is 1. The maximum atomic E-state index is 13.5. The molecule has 1 heterocycles. The summed E-state index contributed by atoms with van der Waals surface area (Å²) in [5.74, 6) is -0.744. The summed E-state index contributed by atoms with van der Waals surface area (Å²) in [6.07, 6.45) is -0.544. The van der Waals surface area contributed by atoms with Crippen LogP contribution in [0.2, 0.25) is 0 Å². The third-order valence-electron chi connectivity index (χ3n) is 3.97. The third-order valence-corrected chi connectivity index (χ3v) is 3.97. The largest absolute Gasteiger partial charge is 0.481 e. The molecule has 6 nitrogen and oxygen atoms in total. The summed E-state index contributed by atoms with van der Waals surface area (Å²) in [7, 11) is 4.79. The Morgan fingerprint density at radius 2 is 2.04 bits per heavy atom. The van der Waals surface area contributed by atoms with E-state index in [0.717, 1.165) is 0 Å². The average Bonchev–Trinajstić information content (AvgIpc) is 2.59. The fraction of sp³-hybridized carbons (Fsp3) is 0.562. The number of para-hydroxylation sites is 1. The van der Waals surface area contributed by atoms with Gasteiger partial charge in [0.1, 0.15) is 12.2 Å². The molecule has 1 aromatic carbocycles. The molecule has 0 N–H and O–H groups in total. The molecule has 128 valence electrons. The van der Waals surface area contributed by atoms with Crippen LogP contribution in [0, 0.1) is 5.82 Å². The molecule has 1 fully saturated rings. The van der Waals surface area contributed by atoms with Gasteiger partial charge in [0.25, 0.3) is 5.91 Å². The second-order valence-electron chi connectivity index (χ2n) is 5.30. The summed E-state index contributed by atoms with van der Waals surface area (Å²) in [6.45, 7) is 0.502. The Morgan fingerprint density at radius 1 is 1.30 bits per heavy atom. The predicted octanol–water partition coefficient (Wildman–Crippen LogP) is 1.09. The van der Waals surface area contributed by atoms with E-state index in [4.69, 9.17) is 18.9 Å². The monoisotopic (exact) mass is 327 g/mol. The number of likely N-dealkylation sites (N-methyl/N-ethyl adjacent to an activating group) is 1. The minimum Gasteiger partial charge on any atom is -0.481 e. The van der Waals surface area contributed by atoms with Gasteiger partial charge in [-0.15, -0.1) is 0 Å². The zero-order valence-electron chi connectivity index (χ0n) is 13.5.